The zero-order valence-corrected chi connectivity index (χ0v) is 22.6. The second kappa shape index (κ2) is 15.4. The fourth-order valence-corrected chi connectivity index (χ4v) is 3.04. The molecule has 8 heteroatoms. The summed E-state index contributed by atoms with van der Waals surface area (Å²) in [6, 6.07) is 13.7. The van der Waals surface area contributed by atoms with Gasteiger partial charge in [0.05, 0.1) is 20.8 Å². The number of hydrogen-bond acceptors (Lipinski definition) is 4. The van der Waals surface area contributed by atoms with E-state index >= 15 is 0 Å². The van der Waals surface area contributed by atoms with Crippen molar-refractivity contribution in [2.75, 3.05) is 27.3 Å². The molecule has 0 aliphatic carbocycles. The smallest absolute Gasteiger partial charge is 0.251 e. The van der Waals surface area contributed by atoms with Crippen LogP contribution in [0.2, 0.25) is 0 Å². The maximum atomic E-state index is 12.2. The van der Waals surface area contributed by atoms with Crippen LogP contribution in [0.25, 0.3) is 0 Å². The molecule has 0 bridgehead atoms. The van der Waals surface area contributed by atoms with Crippen LogP contribution < -0.4 is 25.4 Å². The van der Waals surface area contributed by atoms with Gasteiger partial charge >= 0.3 is 0 Å². The lowest BCUT2D eigenvalue weighted by atomic mass is 10.1. The Morgan fingerprint density at radius 2 is 1.64 bits per heavy atom. The van der Waals surface area contributed by atoms with Gasteiger partial charge in [0.1, 0.15) is 0 Å². The van der Waals surface area contributed by atoms with Gasteiger partial charge in [0.2, 0.25) is 0 Å². The molecule has 182 valence electrons. The Kier molecular flexibility index (Phi) is 13.3. The monoisotopic (exact) mass is 568 g/mol. The van der Waals surface area contributed by atoms with E-state index in [1.165, 1.54) is 0 Å². The van der Waals surface area contributed by atoms with Crippen LogP contribution in [0.4, 0.5) is 0 Å². The Morgan fingerprint density at radius 3 is 2.24 bits per heavy atom. The minimum absolute atomic E-state index is 0. The van der Waals surface area contributed by atoms with Crippen molar-refractivity contribution >= 4 is 35.8 Å². The highest BCUT2D eigenvalue weighted by Crippen LogP contribution is 2.27. The van der Waals surface area contributed by atoms with Crippen molar-refractivity contribution in [1.82, 2.24) is 16.0 Å². The molecule has 1 amide bonds. The Labute approximate surface area is 214 Å². The number of hydrogen-bond donors (Lipinski definition) is 3. The zero-order chi connectivity index (χ0) is 23.3. The third-order valence-electron chi connectivity index (χ3n) is 5.12. The first-order valence-electron chi connectivity index (χ1n) is 11.1. The van der Waals surface area contributed by atoms with E-state index in [9.17, 15) is 4.79 Å². The predicted octanol–water partition coefficient (Wildman–Crippen LogP) is 4.15. The molecule has 1 atom stereocenters. The van der Waals surface area contributed by atoms with Crippen LogP contribution in [0.5, 0.6) is 11.5 Å². The van der Waals surface area contributed by atoms with Crippen LogP contribution in [0.3, 0.4) is 0 Å². The van der Waals surface area contributed by atoms with Gasteiger partial charge in [0.15, 0.2) is 17.5 Å². The van der Waals surface area contributed by atoms with E-state index in [0.717, 1.165) is 54.5 Å². The number of benzene rings is 2. The minimum Gasteiger partial charge on any atom is -0.493 e. The Hall–Kier alpha value is -2.49. The molecule has 0 saturated heterocycles. The normalized spacial score (nSPS) is 11.7. The summed E-state index contributed by atoms with van der Waals surface area (Å²) in [5.41, 5.74) is 2.86. The van der Waals surface area contributed by atoms with E-state index < -0.39 is 0 Å². The molecule has 0 aliphatic rings. The van der Waals surface area contributed by atoms with Crippen molar-refractivity contribution < 1.29 is 14.3 Å². The summed E-state index contributed by atoms with van der Waals surface area (Å²) in [4.78, 5) is 16.9. The van der Waals surface area contributed by atoms with Gasteiger partial charge in [0.25, 0.3) is 5.91 Å². The molecule has 3 N–H and O–H groups in total. The highest BCUT2D eigenvalue weighted by Gasteiger charge is 2.08. The zero-order valence-electron chi connectivity index (χ0n) is 20.2. The van der Waals surface area contributed by atoms with Crippen LogP contribution >= 0.6 is 24.0 Å². The molecule has 0 spiro atoms. The van der Waals surface area contributed by atoms with E-state index in [2.05, 4.69) is 27.9 Å². The molecule has 0 aromatic heterocycles. The average molecular weight is 569 g/mol. The van der Waals surface area contributed by atoms with Gasteiger partial charge in [-0.3, -0.25) is 4.79 Å². The largest absolute Gasteiger partial charge is 0.493 e. The van der Waals surface area contributed by atoms with Crippen LogP contribution in [0, 0.1) is 0 Å². The maximum Gasteiger partial charge on any atom is 0.251 e. The number of rotatable bonds is 11. The van der Waals surface area contributed by atoms with Crippen LogP contribution in [0.1, 0.15) is 48.7 Å². The molecule has 0 heterocycles. The maximum absolute atomic E-state index is 12.2. The van der Waals surface area contributed by atoms with Crippen molar-refractivity contribution in [1.29, 1.82) is 0 Å². The number of methoxy groups -OCH3 is 2. The van der Waals surface area contributed by atoms with Crippen molar-refractivity contribution in [3.8, 4) is 11.5 Å². The highest BCUT2D eigenvalue weighted by molar-refractivity contribution is 14.0. The molecule has 0 fully saturated rings. The summed E-state index contributed by atoms with van der Waals surface area (Å²) >= 11 is 0. The van der Waals surface area contributed by atoms with Gasteiger partial charge in [-0.25, -0.2) is 4.99 Å². The molecule has 2 rings (SSSR count). The van der Waals surface area contributed by atoms with E-state index in [0.29, 0.717) is 12.1 Å². The van der Waals surface area contributed by atoms with E-state index in [1.54, 1.807) is 14.2 Å². The standard InChI is InChI=1S/C25H36N4O3.HI/c1-6-18(3)29-24(30)21-11-8-20(9-12-21)17-28-25(26-7-2)27-15-14-19-10-13-22(31-4)23(16-19)32-5;/h8-13,16,18H,6-7,14-15,17H2,1-5H3,(H,29,30)(H2,26,27,28);1H. The summed E-state index contributed by atoms with van der Waals surface area (Å²) in [6.07, 6.45) is 1.73. The molecule has 0 saturated carbocycles. The summed E-state index contributed by atoms with van der Waals surface area (Å²) in [7, 11) is 3.27. The SMILES string of the molecule is CCNC(=NCc1ccc(C(=O)NC(C)CC)cc1)NCCc1ccc(OC)c(OC)c1.I. The van der Waals surface area contributed by atoms with E-state index in [-0.39, 0.29) is 35.9 Å². The molecule has 7 nitrogen and oxygen atoms in total. The Bertz CT molecular complexity index is 888. The van der Waals surface area contributed by atoms with Gasteiger partial charge in [-0.05, 0) is 62.1 Å². The minimum atomic E-state index is -0.0421. The first-order valence-corrected chi connectivity index (χ1v) is 11.1. The molecule has 0 radical (unpaired) electrons. The lowest BCUT2D eigenvalue weighted by Crippen LogP contribution is -2.38. The quantitative estimate of drug-likeness (QED) is 0.216. The average Bonchev–Trinajstić information content (AvgIpc) is 2.82. The molecular weight excluding hydrogens is 531 g/mol. The third kappa shape index (κ3) is 9.49. The van der Waals surface area contributed by atoms with Crippen LogP contribution in [-0.2, 0) is 13.0 Å². The van der Waals surface area contributed by atoms with E-state index in [4.69, 9.17) is 9.47 Å². The van der Waals surface area contributed by atoms with Crippen LogP contribution in [0.15, 0.2) is 47.5 Å². The number of halogens is 1. The molecule has 1 unspecified atom stereocenters. The number of ether oxygens (including phenoxy) is 2. The fourth-order valence-electron chi connectivity index (χ4n) is 3.04. The summed E-state index contributed by atoms with van der Waals surface area (Å²) in [5.74, 6) is 2.17. The topological polar surface area (TPSA) is 84.0 Å². The summed E-state index contributed by atoms with van der Waals surface area (Å²) in [5, 5.41) is 9.61. The van der Waals surface area contributed by atoms with E-state index in [1.807, 2.05) is 56.3 Å². The Morgan fingerprint density at radius 1 is 0.970 bits per heavy atom. The summed E-state index contributed by atoms with van der Waals surface area (Å²) < 4.78 is 10.7. The fraction of sp³-hybridized carbons (Fsp3) is 0.440. The van der Waals surface area contributed by atoms with Gasteiger partial charge in [0, 0.05) is 24.7 Å². The van der Waals surface area contributed by atoms with Gasteiger partial charge < -0.3 is 25.4 Å². The number of nitrogens with one attached hydrogen (secondary N) is 3. The van der Waals surface area contributed by atoms with Crippen molar-refractivity contribution in [3.63, 3.8) is 0 Å². The number of carbonyl (C=O) groups is 1. The van der Waals surface area contributed by atoms with Gasteiger partial charge in [-0.2, -0.15) is 0 Å². The predicted molar refractivity (Wildman–Crippen MR) is 145 cm³/mol. The summed E-state index contributed by atoms with van der Waals surface area (Å²) in [6.45, 7) is 8.12. The van der Waals surface area contributed by atoms with Gasteiger partial charge in [-0.1, -0.05) is 25.1 Å². The number of guanidine groups is 1. The van der Waals surface area contributed by atoms with Crippen LogP contribution in [-0.4, -0.2) is 45.2 Å². The van der Waals surface area contributed by atoms with Crippen molar-refractivity contribution in [2.24, 2.45) is 4.99 Å². The number of nitrogens with zero attached hydrogens (tertiary/aromatic N) is 1. The molecule has 2 aromatic carbocycles. The lowest BCUT2D eigenvalue weighted by molar-refractivity contribution is 0.0939. The molecule has 2 aromatic rings. The lowest BCUT2D eigenvalue weighted by Gasteiger charge is -2.13. The van der Waals surface area contributed by atoms with Crippen molar-refractivity contribution in [3.05, 3.63) is 59.2 Å². The second-order valence-electron chi connectivity index (χ2n) is 7.54. The first-order chi connectivity index (χ1) is 15.5. The van der Waals surface area contributed by atoms with Crippen molar-refractivity contribution in [2.45, 2.75) is 46.2 Å². The highest BCUT2D eigenvalue weighted by atomic mass is 127. The number of aliphatic imine (C=N–C) groups is 1. The third-order valence-corrected chi connectivity index (χ3v) is 5.12. The molecular formula is C25H37IN4O3. The molecule has 0 aliphatic heterocycles. The number of carbonyl (C=O) groups excluding carboxylic acids is 1. The van der Waals surface area contributed by atoms with Gasteiger partial charge in [-0.15, -0.1) is 24.0 Å². The Balaban J connectivity index is 0.00000544. The number of amides is 1. The first kappa shape index (κ1) is 28.5. The second-order valence-corrected chi connectivity index (χ2v) is 7.54. The molecule has 33 heavy (non-hydrogen) atoms.